The van der Waals surface area contributed by atoms with E-state index in [1.54, 1.807) is 18.2 Å². The van der Waals surface area contributed by atoms with E-state index >= 15 is 0 Å². The predicted octanol–water partition coefficient (Wildman–Crippen LogP) is 2.77. The third-order valence-electron chi connectivity index (χ3n) is 5.24. The highest BCUT2D eigenvalue weighted by atomic mass is 28.1. The minimum atomic E-state index is -0.430. The van der Waals surface area contributed by atoms with Gasteiger partial charge in [0, 0.05) is 22.7 Å². The number of ether oxygens (including phenoxy) is 1. The lowest BCUT2D eigenvalue weighted by molar-refractivity contribution is -0.0297. The van der Waals surface area contributed by atoms with Gasteiger partial charge in [0.2, 0.25) is 0 Å². The summed E-state index contributed by atoms with van der Waals surface area (Å²) in [5.74, 6) is 1.44. The van der Waals surface area contributed by atoms with Crippen LogP contribution in [0.1, 0.15) is 36.8 Å². The Bertz CT molecular complexity index is 714. The monoisotopic (exact) mass is 372 g/mol. The van der Waals surface area contributed by atoms with Gasteiger partial charge in [-0.15, -0.1) is 0 Å². The average Bonchev–Trinajstić information content (AvgIpc) is 2.62. The molecule has 3 atom stereocenters. The van der Waals surface area contributed by atoms with Gasteiger partial charge in [0.1, 0.15) is 23.4 Å². The van der Waals surface area contributed by atoms with Gasteiger partial charge in [0.05, 0.1) is 6.10 Å². The molecule has 0 bridgehead atoms. The molecule has 0 spiro atoms. The van der Waals surface area contributed by atoms with Crippen LogP contribution in [0.15, 0.2) is 42.5 Å². The third-order valence-corrected chi connectivity index (χ3v) is 5.82. The van der Waals surface area contributed by atoms with Gasteiger partial charge in [-0.2, -0.15) is 0 Å². The molecule has 3 unspecified atom stereocenters. The minimum absolute atomic E-state index is 0.181. The normalized spacial score (nSPS) is 23.0. The van der Waals surface area contributed by atoms with Crippen LogP contribution in [0.4, 0.5) is 0 Å². The standard InChI is InChI=1S/C21H28O4Si/c22-17-7-4-14(5-8-17)12-16-6-9-18(13-20(16)24)25-21-15(10-11-26)2-1-3-19(21)23/h4-9,13,15,19,21-24H,1-3,10-12H2,26H3. The van der Waals surface area contributed by atoms with E-state index in [-0.39, 0.29) is 17.6 Å². The Balaban J connectivity index is 1.71. The molecule has 5 heteroatoms. The third kappa shape index (κ3) is 4.59. The maximum absolute atomic E-state index is 10.4. The van der Waals surface area contributed by atoms with Gasteiger partial charge in [0.25, 0.3) is 0 Å². The fourth-order valence-corrected chi connectivity index (χ4v) is 4.58. The van der Waals surface area contributed by atoms with Crippen molar-refractivity contribution in [1.29, 1.82) is 0 Å². The second-order valence-electron chi connectivity index (χ2n) is 7.26. The Morgan fingerprint density at radius 2 is 1.81 bits per heavy atom. The Morgan fingerprint density at radius 1 is 1.04 bits per heavy atom. The lowest BCUT2D eigenvalue weighted by Crippen LogP contribution is -2.41. The zero-order chi connectivity index (χ0) is 18.5. The van der Waals surface area contributed by atoms with Gasteiger partial charge >= 0.3 is 0 Å². The van der Waals surface area contributed by atoms with Crippen LogP contribution >= 0.6 is 0 Å². The molecule has 0 saturated heterocycles. The van der Waals surface area contributed by atoms with Crippen LogP contribution in [0.25, 0.3) is 0 Å². The second-order valence-corrected chi connectivity index (χ2v) is 8.26. The summed E-state index contributed by atoms with van der Waals surface area (Å²) in [4.78, 5) is 0. The van der Waals surface area contributed by atoms with Crippen molar-refractivity contribution in [3.8, 4) is 17.2 Å². The number of phenolic OH excluding ortho intramolecular Hbond substituents is 2. The van der Waals surface area contributed by atoms with E-state index in [0.717, 1.165) is 36.8 Å². The maximum Gasteiger partial charge on any atom is 0.127 e. The summed E-state index contributed by atoms with van der Waals surface area (Å²) in [6, 6.07) is 13.6. The molecule has 0 aromatic heterocycles. The summed E-state index contributed by atoms with van der Waals surface area (Å²) >= 11 is 0. The van der Waals surface area contributed by atoms with Crippen molar-refractivity contribution in [1.82, 2.24) is 0 Å². The second kappa shape index (κ2) is 8.60. The van der Waals surface area contributed by atoms with Crippen molar-refractivity contribution < 1.29 is 20.1 Å². The average molecular weight is 373 g/mol. The number of hydrogen-bond donors (Lipinski definition) is 3. The number of phenols is 2. The maximum atomic E-state index is 10.4. The zero-order valence-corrected chi connectivity index (χ0v) is 17.3. The zero-order valence-electron chi connectivity index (χ0n) is 15.3. The van der Waals surface area contributed by atoms with Gasteiger partial charge in [0.15, 0.2) is 0 Å². The molecule has 0 aliphatic heterocycles. The highest BCUT2D eigenvalue weighted by Gasteiger charge is 2.33. The summed E-state index contributed by atoms with van der Waals surface area (Å²) in [5, 5.41) is 30.1. The van der Waals surface area contributed by atoms with Crippen molar-refractivity contribution in [3.63, 3.8) is 0 Å². The van der Waals surface area contributed by atoms with Crippen LogP contribution in [0.2, 0.25) is 6.04 Å². The van der Waals surface area contributed by atoms with Crippen molar-refractivity contribution in [2.24, 2.45) is 5.92 Å². The van der Waals surface area contributed by atoms with Crippen LogP contribution in [-0.4, -0.2) is 37.8 Å². The van der Waals surface area contributed by atoms with Gasteiger partial charge < -0.3 is 20.1 Å². The van der Waals surface area contributed by atoms with Crippen LogP contribution in [-0.2, 0) is 6.42 Å². The van der Waals surface area contributed by atoms with Gasteiger partial charge in [-0.3, -0.25) is 0 Å². The molecule has 1 saturated carbocycles. The molecule has 2 aromatic carbocycles. The highest BCUT2D eigenvalue weighted by molar-refractivity contribution is 6.08. The van der Waals surface area contributed by atoms with Crippen LogP contribution in [0.3, 0.4) is 0 Å². The van der Waals surface area contributed by atoms with Crippen molar-refractivity contribution >= 4 is 10.2 Å². The molecule has 26 heavy (non-hydrogen) atoms. The molecule has 0 heterocycles. The van der Waals surface area contributed by atoms with E-state index in [2.05, 4.69) is 0 Å². The highest BCUT2D eigenvalue weighted by Crippen LogP contribution is 2.33. The van der Waals surface area contributed by atoms with Crippen molar-refractivity contribution in [2.75, 3.05) is 0 Å². The van der Waals surface area contributed by atoms with Gasteiger partial charge in [-0.1, -0.05) is 30.7 Å². The predicted molar refractivity (Wildman–Crippen MR) is 106 cm³/mol. The summed E-state index contributed by atoms with van der Waals surface area (Å²) < 4.78 is 6.11. The fourth-order valence-electron chi connectivity index (χ4n) is 3.84. The molecule has 3 rings (SSSR count). The molecule has 4 nitrogen and oxygen atoms in total. The first-order chi connectivity index (χ1) is 12.6. The molecular weight excluding hydrogens is 344 g/mol. The summed E-state index contributed by atoms with van der Waals surface area (Å²) in [6.07, 6.45) is 4.04. The SMILES string of the molecule is Oc1ccc(Cc2ccc(OC3C(O)CCCC3CC[SiH3])cc2O)cc1. The lowest BCUT2D eigenvalue weighted by Gasteiger charge is -2.35. The number of hydrogen-bond acceptors (Lipinski definition) is 4. The fraction of sp³-hybridized carbons (Fsp3) is 0.429. The van der Waals surface area contributed by atoms with Gasteiger partial charge in [-0.25, -0.2) is 0 Å². The summed E-state index contributed by atoms with van der Waals surface area (Å²) in [5.41, 5.74) is 1.82. The van der Waals surface area contributed by atoms with Gasteiger partial charge in [-0.05, 0) is 54.5 Å². The number of aliphatic hydroxyl groups excluding tert-OH is 1. The first-order valence-corrected chi connectivity index (χ1v) is 10.9. The first kappa shape index (κ1) is 18.8. The molecule has 140 valence electrons. The Hall–Kier alpha value is -1.98. The Labute approximate surface area is 157 Å². The molecular formula is C21H28O4Si. The lowest BCUT2D eigenvalue weighted by atomic mass is 9.82. The van der Waals surface area contributed by atoms with E-state index in [4.69, 9.17) is 4.74 Å². The van der Waals surface area contributed by atoms with Crippen LogP contribution in [0, 0.1) is 5.92 Å². The molecule has 0 radical (unpaired) electrons. The van der Waals surface area contributed by atoms with Crippen LogP contribution < -0.4 is 4.74 Å². The Morgan fingerprint density at radius 3 is 2.50 bits per heavy atom. The van der Waals surface area contributed by atoms with E-state index in [0.29, 0.717) is 18.1 Å². The molecule has 0 amide bonds. The molecule has 1 aliphatic rings. The van der Waals surface area contributed by atoms with E-state index in [1.807, 2.05) is 24.3 Å². The molecule has 1 aliphatic carbocycles. The topological polar surface area (TPSA) is 69.9 Å². The van der Waals surface area contributed by atoms with E-state index in [9.17, 15) is 15.3 Å². The summed E-state index contributed by atoms with van der Waals surface area (Å²) in [6.45, 7) is 0. The summed E-state index contributed by atoms with van der Waals surface area (Å²) in [7, 11) is 1.17. The quantitative estimate of drug-likeness (QED) is 0.682. The van der Waals surface area contributed by atoms with E-state index < -0.39 is 6.10 Å². The molecule has 2 aromatic rings. The van der Waals surface area contributed by atoms with Crippen LogP contribution in [0.5, 0.6) is 17.2 Å². The first-order valence-electron chi connectivity index (χ1n) is 9.51. The smallest absolute Gasteiger partial charge is 0.127 e. The number of rotatable bonds is 6. The minimum Gasteiger partial charge on any atom is -0.508 e. The number of aliphatic hydroxyl groups is 1. The molecule has 3 N–H and O–H groups in total. The molecule has 1 fully saturated rings. The number of benzene rings is 2. The van der Waals surface area contributed by atoms with Crippen molar-refractivity contribution in [3.05, 3.63) is 53.6 Å². The number of aromatic hydroxyl groups is 2. The van der Waals surface area contributed by atoms with Crippen molar-refractivity contribution in [2.45, 2.75) is 50.4 Å². The largest absolute Gasteiger partial charge is 0.508 e. The van der Waals surface area contributed by atoms with E-state index in [1.165, 1.54) is 16.3 Å². The Kier molecular flexibility index (Phi) is 6.22.